The number of halogens is 1. The number of rotatable bonds is 6. The third kappa shape index (κ3) is 4.79. The van der Waals surface area contributed by atoms with E-state index in [1.165, 1.54) is 6.07 Å². The zero-order valence-corrected chi connectivity index (χ0v) is 14.6. The van der Waals surface area contributed by atoms with Gasteiger partial charge < -0.3 is 15.5 Å². The number of hydrogen-bond acceptors (Lipinski definition) is 3. The SMILES string of the molecule is CN=C(NCc1ccnn1C)NCC(c1cccc(F)c1)N(C)C. The zero-order valence-electron chi connectivity index (χ0n) is 14.6. The van der Waals surface area contributed by atoms with E-state index in [1.54, 1.807) is 25.4 Å². The van der Waals surface area contributed by atoms with E-state index in [0.717, 1.165) is 11.3 Å². The van der Waals surface area contributed by atoms with Gasteiger partial charge in [0, 0.05) is 26.8 Å². The number of aryl methyl sites for hydroxylation is 1. The molecule has 1 heterocycles. The largest absolute Gasteiger partial charge is 0.354 e. The van der Waals surface area contributed by atoms with Gasteiger partial charge in [-0.25, -0.2) is 4.39 Å². The summed E-state index contributed by atoms with van der Waals surface area (Å²) in [6, 6.07) is 8.68. The number of nitrogens with one attached hydrogen (secondary N) is 2. The fourth-order valence-electron chi connectivity index (χ4n) is 2.48. The average Bonchev–Trinajstić information content (AvgIpc) is 2.95. The molecule has 7 heteroatoms. The Bertz CT molecular complexity index is 679. The summed E-state index contributed by atoms with van der Waals surface area (Å²) in [5, 5.41) is 10.7. The smallest absolute Gasteiger partial charge is 0.191 e. The Morgan fingerprint density at radius 3 is 2.71 bits per heavy atom. The Balaban J connectivity index is 1.96. The standard InChI is InChI=1S/C17H25FN6/c1-19-17(20-11-15-8-9-22-24(15)4)21-12-16(23(2)3)13-6-5-7-14(18)10-13/h5-10,16H,11-12H2,1-4H3,(H2,19,20,21). The molecule has 0 aliphatic carbocycles. The number of nitrogens with zero attached hydrogens (tertiary/aromatic N) is 4. The van der Waals surface area contributed by atoms with Crippen molar-refractivity contribution in [3.63, 3.8) is 0 Å². The minimum atomic E-state index is -0.224. The lowest BCUT2D eigenvalue weighted by atomic mass is 10.1. The van der Waals surface area contributed by atoms with Crippen molar-refractivity contribution in [1.82, 2.24) is 25.3 Å². The lowest BCUT2D eigenvalue weighted by Gasteiger charge is -2.26. The van der Waals surface area contributed by atoms with Crippen molar-refractivity contribution in [3.05, 3.63) is 53.6 Å². The molecule has 130 valence electrons. The maximum Gasteiger partial charge on any atom is 0.191 e. The second-order valence-electron chi connectivity index (χ2n) is 5.79. The molecule has 2 rings (SSSR count). The summed E-state index contributed by atoms with van der Waals surface area (Å²) in [7, 11) is 7.58. The number of aromatic nitrogens is 2. The lowest BCUT2D eigenvalue weighted by Crippen LogP contribution is -2.41. The molecule has 0 saturated carbocycles. The van der Waals surface area contributed by atoms with E-state index in [4.69, 9.17) is 0 Å². The summed E-state index contributed by atoms with van der Waals surface area (Å²) in [4.78, 5) is 6.28. The Labute approximate surface area is 142 Å². The molecule has 1 aromatic carbocycles. The normalized spacial score (nSPS) is 13.2. The van der Waals surface area contributed by atoms with Crippen LogP contribution in [0.2, 0.25) is 0 Å². The minimum absolute atomic E-state index is 0.0379. The minimum Gasteiger partial charge on any atom is -0.354 e. The summed E-state index contributed by atoms with van der Waals surface area (Å²) < 4.78 is 15.3. The molecular formula is C17H25FN6. The van der Waals surface area contributed by atoms with Gasteiger partial charge in [-0.1, -0.05) is 12.1 Å². The van der Waals surface area contributed by atoms with Crippen LogP contribution >= 0.6 is 0 Å². The number of guanidine groups is 1. The molecule has 0 amide bonds. The van der Waals surface area contributed by atoms with Crippen LogP contribution in [0.5, 0.6) is 0 Å². The van der Waals surface area contributed by atoms with Crippen molar-refractivity contribution < 1.29 is 4.39 Å². The predicted octanol–water partition coefficient (Wildman–Crippen LogP) is 1.53. The van der Waals surface area contributed by atoms with Crippen LogP contribution in [0.4, 0.5) is 4.39 Å². The van der Waals surface area contributed by atoms with Gasteiger partial charge in [-0.15, -0.1) is 0 Å². The fourth-order valence-corrected chi connectivity index (χ4v) is 2.48. The van der Waals surface area contributed by atoms with Crippen molar-refractivity contribution in [2.24, 2.45) is 12.0 Å². The molecule has 0 radical (unpaired) electrons. The molecule has 0 aliphatic rings. The summed E-state index contributed by atoms with van der Waals surface area (Å²) >= 11 is 0. The van der Waals surface area contributed by atoms with Crippen molar-refractivity contribution in [1.29, 1.82) is 0 Å². The molecule has 0 fully saturated rings. The van der Waals surface area contributed by atoms with Gasteiger partial charge in [-0.2, -0.15) is 5.10 Å². The molecule has 0 aliphatic heterocycles. The molecule has 24 heavy (non-hydrogen) atoms. The number of hydrogen-bond donors (Lipinski definition) is 2. The van der Waals surface area contributed by atoms with E-state index < -0.39 is 0 Å². The van der Waals surface area contributed by atoms with E-state index in [-0.39, 0.29) is 11.9 Å². The second-order valence-corrected chi connectivity index (χ2v) is 5.79. The maximum atomic E-state index is 13.5. The average molecular weight is 332 g/mol. The predicted molar refractivity (Wildman–Crippen MR) is 94.2 cm³/mol. The van der Waals surface area contributed by atoms with Crippen molar-refractivity contribution in [3.8, 4) is 0 Å². The van der Waals surface area contributed by atoms with E-state index in [0.29, 0.717) is 19.0 Å². The Morgan fingerprint density at radius 1 is 1.33 bits per heavy atom. The highest BCUT2D eigenvalue weighted by molar-refractivity contribution is 5.79. The molecule has 0 bridgehead atoms. The number of likely N-dealkylation sites (N-methyl/N-ethyl adjacent to an activating group) is 1. The van der Waals surface area contributed by atoms with Gasteiger partial charge in [-0.3, -0.25) is 9.67 Å². The molecule has 0 saturated heterocycles. The van der Waals surface area contributed by atoms with Gasteiger partial charge in [0.15, 0.2) is 5.96 Å². The van der Waals surface area contributed by atoms with Crippen LogP contribution in [0.1, 0.15) is 17.3 Å². The second kappa shape index (κ2) is 8.44. The van der Waals surface area contributed by atoms with E-state index in [2.05, 4.69) is 25.6 Å². The maximum absolute atomic E-state index is 13.5. The lowest BCUT2D eigenvalue weighted by molar-refractivity contribution is 0.297. The van der Waals surface area contributed by atoms with Gasteiger partial charge in [0.2, 0.25) is 0 Å². The van der Waals surface area contributed by atoms with Gasteiger partial charge in [0.25, 0.3) is 0 Å². The van der Waals surface area contributed by atoms with Crippen LogP contribution in [0.15, 0.2) is 41.5 Å². The molecular weight excluding hydrogens is 307 g/mol. The van der Waals surface area contributed by atoms with E-state index >= 15 is 0 Å². The monoisotopic (exact) mass is 332 g/mol. The highest BCUT2D eigenvalue weighted by Crippen LogP contribution is 2.18. The van der Waals surface area contributed by atoms with Crippen molar-refractivity contribution in [2.75, 3.05) is 27.7 Å². The summed E-state index contributed by atoms with van der Waals surface area (Å²) in [6.07, 6.45) is 1.76. The summed E-state index contributed by atoms with van der Waals surface area (Å²) in [5.74, 6) is 0.470. The molecule has 1 aromatic heterocycles. The van der Waals surface area contributed by atoms with Crippen LogP contribution < -0.4 is 10.6 Å². The van der Waals surface area contributed by atoms with Gasteiger partial charge in [0.1, 0.15) is 5.82 Å². The third-order valence-electron chi connectivity index (χ3n) is 3.90. The fraction of sp³-hybridized carbons (Fsp3) is 0.412. The first-order valence-corrected chi connectivity index (χ1v) is 7.84. The number of benzene rings is 1. The molecule has 2 N–H and O–H groups in total. The molecule has 1 atom stereocenters. The Hall–Kier alpha value is -2.41. The molecule has 2 aromatic rings. The Kier molecular flexibility index (Phi) is 6.31. The van der Waals surface area contributed by atoms with Crippen molar-refractivity contribution >= 4 is 5.96 Å². The molecule has 1 unspecified atom stereocenters. The van der Waals surface area contributed by atoms with Crippen LogP contribution in [-0.2, 0) is 13.6 Å². The quantitative estimate of drug-likeness (QED) is 0.622. The first kappa shape index (κ1) is 17.9. The first-order chi connectivity index (χ1) is 11.5. The van der Waals surface area contributed by atoms with Crippen molar-refractivity contribution in [2.45, 2.75) is 12.6 Å². The topological polar surface area (TPSA) is 57.5 Å². The van der Waals surface area contributed by atoms with Crippen LogP contribution in [-0.4, -0.2) is 48.3 Å². The van der Waals surface area contributed by atoms with Crippen LogP contribution in [0.3, 0.4) is 0 Å². The number of aliphatic imine (C=N–C) groups is 1. The summed E-state index contributed by atoms with van der Waals surface area (Å²) in [6.45, 7) is 1.24. The van der Waals surface area contributed by atoms with E-state index in [1.807, 2.05) is 38.0 Å². The first-order valence-electron chi connectivity index (χ1n) is 7.84. The van der Waals surface area contributed by atoms with Crippen LogP contribution in [0.25, 0.3) is 0 Å². The summed E-state index contributed by atoms with van der Waals surface area (Å²) in [5.41, 5.74) is 1.99. The molecule has 6 nitrogen and oxygen atoms in total. The van der Waals surface area contributed by atoms with Crippen LogP contribution in [0, 0.1) is 5.82 Å². The van der Waals surface area contributed by atoms with E-state index in [9.17, 15) is 4.39 Å². The third-order valence-corrected chi connectivity index (χ3v) is 3.90. The van der Waals surface area contributed by atoms with Gasteiger partial charge in [-0.05, 0) is 37.9 Å². The van der Waals surface area contributed by atoms with Gasteiger partial charge >= 0.3 is 0 Å². The highest BCUT2D eigenvalue weighted by atomic mass is 19.1. The Morgan fingerprint density at radius 2 is 2.12 bits per heavy atom. The molecule has 0 spiro atoms. The van der Waals surface area contributed by atoms with Gasteiger partial charge in [0.05, 0.1) is 18.3 Å². The highest BCUT2D eigenvalue weighted by Gasteiger charge is 2.15. The zero-order chi connectivity index (χ0) is 17.5.